The first-order valence-electron chi connectivity index (χ1n) is 6.81. The van der Waals surface area contributed by atoms with Gasteiger partial charge in [-0.1, -0.05) is 13.8 Å². The third kappa shape index (κ3) is 3.08. The van der Waals surface area contributed by atoms with Crippen LogP contribution in [-0.4, -0.2) is 30.7 Å². The number of carbonyl (C=O) groups is 1. The summed E-state index contributed by atoms with van der Waals surface area (Å²) in [7, 11) is 0. The molecule has 0 aliphatic heterocycles. The van der Waals surface area contributed by atoms with Gasteiger partial charge in [0.25, 0.3) is 0 Å². The van der Waals surface area contributed by atoms with Crippen LogP contribution in [0.5, 0.6) is 0 Å². The second-order valence-corrected chi connectivity index (χ2v) is 6.08. The van der Waals surface area contributed by atoms with E-state index in [4.69, 9.17) is 9.47 Å². The Balaban J connectivity index is 1.77. The first kappa shape index (κ1) is 13.0. The molecule has 0 aromatic carbocycles. The molecular weight excluding hydrogens is 216 g/mol. The van der Waals surface area contributed by atoms with Crippen LogP contribution in [0.15, 0.2) is 0 Å². The molecule has 0 N–H and O–H groups in total. The number of ketones is 1. The van der Waals surface area contributed by atoms with Crippen molar-refractivity contribution < 1.29 is 14.3 Å². The molecule has 2 fully saturated rings. The SMILES string of the molecule is CCOC1C(=O)CC1OC1CCC(C)(C)CC1. The van der Waals surface area contributed by atoms with Gasteiger partial charge < -0.3 is 9.47 Å². The lowest BCUT2D eigenvalue weighted by atomic mass is 9.76. The topological polar surface area (TPSA) is 35.5 Å². The van der Waals surface area contributed by atoms with Gasteiger partial charge in [0.1, 0.15) is 6.10 Å². The number of Topliss-reactive ketones (excluding diaryl/α,β-unsaturated/α-hetero) is 1. The van der Waals surface area contributed by atoms with Crippen LogP contribution in [0.1, 0.15) is 52.9 Å². The summed E-state index contributed by atoms with van der Waals surface area (Å²) in [5.74, 6) is 0.202. The molecule has 98 valence electrons. The first-order valence-corrected chi connectivity index (χ1v) is 6.81. The van der Waals surface area contributed by atoms with Gasteiger partial charge in [-0.2, -0.15) is 0 Å². The van der Waals surface area contributed by atoms with Gasteiger partial charge in [-0.25, -0.2) is 0 Å². The molecule has 2 aliphatic rings. The zero-order valence-electron chi connectivity index (χ0n) is 11.2. The van der Waals surface area contributed by atoms with E-state index >= 15 is 0 Å². The Morgan fingerprint density at radius 2 is 1.94 bits per heavy atom. The van der Waals surface area contributed by atoms with E-state index in [1.165, 1.54) is 12.8 Å². The van der Waals surface area contributed by atoms with Crippen LogP contribution in [0.3, 0.4) is 0 Å². The zero-order valence-corrected chi connectivity index (χ0v) is 11.2. The Morgan fingerprint density at radius 1 is 1.29 bits per heavy atom. The van der Waals surface area contributed by atoms with Crippen molar-refractivity contribution in [3.63, 3.8) is 0 Å². The van der Waals surface area contributed by atoms with Crippen molar-refractivity contribution in [1.82, 2.24) is 0 Å². The molecule has 0 aromatic rings. The van der Waals surface area contributed by atoms with E-state index in [0.29, 0.717) is 24.5 Å². The lowest BCUT2D eigenvalue weighted by molar-refractivity contribution is -0.176. The molecule has 2 atom stereocenters. The molecule has 2 unspecified atom stereocenters. The molecule has 2 rings (SSSR count). The third-order valence-electron chi connectivity index (χ3n) is 4.06. The molecule has 0 spiro atoms. The van der Waals surface area contributed by atoms with E-state index in [1.807, 2.05) is 6.92 Å². The van der Waals surface area contributed by atoms with Crippen molar-refractivity contribution in [2.24, 2.45) is 5.41 Å². The van der Waals surface area contributed by atoms with Crippen LogP contribution in [0.4, 0.5) is 0 Å². The minimum absolute atomic E-state index is 0.0219. The second kappa shape index (κ2) is 5.07. The Labute approximate surface area is 104 Å². The number of hydrogen-bond donors (Lipinski definition) is 0. The maximum atomic E-state index is 11.4. The van der Waals surface area contributed by atoms with Crippen molar-refractivity contribution in [3.05, 3.63) is 0 Å². The highest BCUT2D eigenvalue weighted by molar-refractivity contribution is 5.90. The summed E-state index contributed by atoms with van der Waals surface area (Å²) in [6, 6.07) is 0. The number of carbonyl (C=O) groups excluding carboxylic acids is 1. The molecule has 2 saturated carbocycles. The van der Waals surface area contributed by atoms with Crippen LogP contribution in [0, 0.1) is 5.41 Å². The standard InChI is InChI=1S/C14H24O3/c1-4-16-13-11(15)9-12(13)17-10-5-7-14(2,3)8-6-10/h10,12-13H,4-9H2,1-3H3. The molecule has 2 aliphatic carbocycles. The van der Waals surface area contributed by atoms with Gasteiger partial charge in [-0.15, -0.1) is 0 Å². The van der Waals surface area contributed by atoms with Gasteiger partial charge in [-0.05, 0) is 38.0 Å². The molecule has 0 heterocycles. The van der Waals surface area contributed by atoms with E-state index in [-0.39, 0.29) is 18.0 Å². The Kier molecular flexibility index (Phi) is 3.88. The van der Waals surface area contributed by atoms with E-state index < -0.39 is 0 Å². The van der Waals surface area contributed by atoms with Gasteiger partial charge in [-0.3, -0.25) is 4.79 Å². The van der Waals surface area contributed by atoms with E-state index in [2.05, 4.69) is 13.8 Å². The lowest BCUT2D eigenvalue weighted by Crippen LogP contribution is -2.52. The highest BCUT2D eigenvalue weighted by atomic mass is 16.6. The number of ether oxygens (including phenoxy) is 2. The molecule has 17 heavy (non-hydrogen) atoms. The minimum Gasteiger partial charge on any atom is -0.371 e. The average molecular weight is 240 g/mol. The Hall–Kier alpha value is -0.410. The van der Waals surface area contributed by atoms with Crippen molar-refractivity contribution in [3.8, 4) is 0 Å². The normalized spacial score (nSPS) is 33.5. The third-order valence-corrected chi connectivity index (χ3v) is 4.06. The van der Waals surface area contributed by atoms with Gasteiger partial charge in [0.15, 0.2) is 5.78 Å². The number of hydrogen-bond acceptors (Lipinski definition) is 3. The highest BCUT2D eigenvalue weighted by Gasteiger charge is 2.43. The maximum absolute atomic E-state index is 11.4. The predicted molar refractivity (Wildman–Crippen MR) is 65.9 cm³/mol. The molecule has 0 saturated heterocycles. The van der Waals surface area contributed by atoms with Gasteiger partial charge in [0, 0.05) is 13.0 Å². The summed E-state index contributed by atoms with van der Waals surface area (Å²) in [5.41, 5.74) is 0.467. The maximum Gasteiger partial charge on any atom is 0.166 e. The highest BCUT2D eigenvalue weighted by Crippen LogP contribution is 2.37. The van der Waals surface area contributed by atoms with E-state index in [1.54, 1.807) is 0 Å². The van der Waals surface area contributed by atoms with Crippen LogP contribution in [-0.2, 0) is 14.3 Å². The second-order valence-electron chi connectivity index (χ2n) is 6.08. The molecule has 0 amide bonds. The summed E-state index contributed by atoms with van der Waals surface area (Å²) in [4.78, 5) is 11.4. The summed E-state index contributed by atoms with van der Waals surface area (Å²) in [5, 5.41) is 0. The van der Waals surface area contributed by atoms with Crippen LogP contribution < -0.4 is 0 Å². The summed E-state index contributed by atoms with van der Waals surface area (Å²) in [6.45, 7) is 7.15. The molecule has 0 aromatic heterocycles. The quantitative estimate of drug-likeness (QED) is 0.758. The molecule has 3 heteroatoms. The van der Waals surface area contributed by atoms with Crippen molar-refractivity contribution in [2.75, 3.05) is 6.61 Å². The van der Waals surface area contributed by atoms with E-state index in [9.17, 15) is 4.79 Å². The fourth-order valence-corrected chi connectivity index (χ4v) is 2.72. The number of rotatable bonds is 4. The van der Waals surface area contributed by atoms with Gasteiger partial charge >= 0.3 is 0 Å². The fraction of sp³-hybridized carbons (Fsp3) is 0.929. The molecule has 0 radical (unpaired) electrons. The lowest BCUT2D eigenvalue weighted by Gasteiger charge is -2.40. The minimum atomic E-state index is -0.282. The summed E-state index contributed by atoms with van der Waals surface area (Å²) < 4.78 is 11.4. The first-order chi connectivity index (χ1) is 8.02. The van der Waals surface area contributed by atoms with E-state index in [0.717, 1.165) is 12.8 Å². The Bertz CT molecular complexity index is 275. The molecule has 3 nitrogen and oxygen atoms in total. The van der Waals surface area contributed by atoms with Crippen molar-refractivity contribution >= 4 is 5.78 Å². The monoisotopic (exact) mass is 240 g/mol. The van der Waals surface area contributed by atoms with Crippen molar-refractivity contribution in [1.29, 1.82) is 0 Å². The van der Waals surface area contributed by atoms with Crippen LogP contribution >= 0.6 is 0 Å². The predicted octanol–water partition coefficient (Wildman–Crippen LogP) is 2.72. The Morgan fingerprint density at radius 3 is 2.47 bits per heavy atom. The van der Waals surface area contributed by atoms with Gasteiger partial charge in [0.05, 0.1) is 12.2 Å². The molecule has 0 bridgehead atoms. The fourth-order valence-electron chi connectivity index (χ4n) is 2.72. The van der Waals surface area contributed by atoms with Gasteiger partial charge in [0.2, 0.25) is 0 Å². The zero-order chi connectivity index (χ0) is 12.5. The summed E-state index contributed by atoms with van der Waals surface area (Å²) >= 11 is 0. The smallest absolute Gasteiger partial charge is 0.166 e. The van der Waals surface area contributed by atoms with Crippen LogP contribution in [0.25, 0.3) is 0 Å². The van der Waals surface area contributed by atoms with Crippen molar-refractivity contribution in [2.45, 2.75) is 71.2 Å². The average Bonchev–Trinajstić information content (AvgIpc) is 2.28. The largest absolute Gasteiger partial charge is 0.371 e. The summed E-state index contributed by atoms with van der Waals surface area (Å²) in [6.07, 6.45) is 5.31. The van der Waals surface area contributed by atoms with Crippen LogP contribution in [0.2, 0.25) is 0 Å². The molecular formula is C14H24O3.